The van der Waals surface area contributed by atoms with E-state index in [0.29, 0.717) is 22.2 Å². The number of rotatable bonds is 4. The molecule has 0 spiro atoms. The summed E-state index contributed by atoms with van der Waals surface area (Å²) in [6.07, 6.45) is 0.457. The van der Waals surface area contributed by atoms with E-state index in [1.165, 1.54) is 6.07 Å². The first kappa shape index (κ1) is 15.8. The molecule has 0 N–H and O–H groups in total. The van der Waals surface area contributed by atoms with Crippen LogP contribution >= 0.6 is 23.2 Å². The predicted octanol–water partition coefficient (Wildman–Crippen LogP) is 3.29. The Kier molecular flexibility index (Phi) is 4.85. The van der Waals surface area contributed by atoms with Crippen molar-refractivity contribution in [1.82, 2.24) is 0 Å². The molecule has 0 fully saturated rings. The molecule has 1 amide bonds. The standard InChI is InChI=1S/C14H14Cl2N2O3/c1-3-9-12(14(20)21-4-2)17-18(13(9)19)11-6-5-8(15)7-10(11)16/h5-7,9H,3-4H2,1-2H3. The minimum atomic E-state index is -0.615. The largest absolute Gasteiger partial charge is 0.461 e. The van der Waals surface area contributed by atoms with E-state index in [0.717, 1.165) is 5.01 Å². The van der Waals surface area contributed by atoms with Gasteiger partial charge in [-0.3, -0.25) is 4.79 Å². The molecule has 0 aromatic heterocycles. The van der Waals surface area contributed by atoms with Crippen LogP contribution in [0.2, 0.25) is 10.0 Å². The molecule has 1 aliphatic rings. The monoisotopic (exact) mass is 328 g/mol. The van der Waals surface area contributed by atoms with Crippen LogP contribution < -0.4 is 5.01 Å². The van der Waals surface area contributed by atoms with Gasteiger partial charge in [0.1, 0.15) is 0 Å². The fourth-order valence-corrected chi connectivity index (χ4v) is 2.56. The highest BCUT2D eigenvalue weighted by Gasteiger charge is 2.40. The Morgan fingerprint density at radius 3 is 2.67 bits per heavy atom. The van der Waals surface area contributed by atoms with Gasteiger partial charge in [0, 0.05) is 5.02 Å². The van der Waals surface area contributed by atoms with Crippen molar-refractivity contribution in [2.45, 2.75) is 20.3 Å². The third-order valence-electron chi connectivity index (χ3n) is 3.08. The van der Waals surface area contributed by atoms with Crippen LogP contribution in [0.1, 0.15) is 20.3 Å². The molecule has 0 bridgehead atoms. The van der Waals surface area contributed by atoms with Crippen LogP contribution in [0.25, 0.3) is 0 Å². The van der Waals surface area contributed by atoms with Gasteiger partial charge in [-0.1, -0.05) is 30.1 Å². The number of anilines is 1. The first-order valence-electron chi connectivity index (χ1n) is 6.54. The summed E-state index contributed by atoms with van der Waals surface area (Å²) < 4.78 is 4.94. The van der Waals surface area contributed by atoms with E-state index < -0.39 is 11.9 Å². The number of carbonyl (C=O) groups is 2. The fraction of sp³-hybridized carbons (Fsp3) is 0.357. The molecule has 1 aromatic carbocycles. The van der Waals surface area contributed by atoms with Gasteiger partial charge in [-0.2, -0.15) is 10.1 Å². The Hall–Kier alpha value is -1.59. The summed E-state index contributed by atoms with van der Waals surface area (Å²) in [7, 11) is 0. The van der Waals surface area contributed by atoms with Crippen LogP contribution in [0.4, 0.5) is 5.69 Å². The number of ether oxygens (including phenoxy) is 1. The van der Waals surface area contributed by atoms with Crippen molar-refractivity contribution in [2.75, 3.05) is 11.6 Å². The summed E-state index contributed by atoms with van der Waals surface area (Å²) in [6, 6.07) is 4.71. The van der Waals surface area contributed by atoms with Crippen molar-refractivity contribution >= 4 is 46.5 Å². The average Bonchev–Trinajstić information content (AvgIpc) is 2.76. The van der Waals surface area contributed by atoms with Crippen molar-refractivity contribution < 1.29 is 14.3 Å². The molecule has 5 nitrogen and oxygen atoms in total. The van der Waals surface area contributed by atoms with E-state index in [4.69, 9.17) is 27.9 Å². The Balaban J connectivity index is 2.40. The summed E-state index contributed by atoms with van der Waals surface area (Å²) >= 11 is 11.9. The number of hydrogen-bond acceptors (Lipinski definition) is 4. The second-order valence-corrected chi connectivity index (χ2v) is 5.26. The van der Waals surface area contributed by atoms with Crippen LogP contribution in [-0.4, -0.2) is 24.2 Å². The number of halogens is 2. The molecular formula is C14H14Cl2N2O3. The summed E-state index contributed by atoms with van der Waals surface area (Å²) in [6.45, 7) is 3.73. The van der Waals surface area contributed by atoms with Gasteiger partial charge in [0.25, 0.3) is 5.91 Å². The second-order valence-electron chi connectivity index (χ2n) is 4.41. The van der Waals surface area contributed by atoms with Crippen LogP contribution in [0.5, 0.6) is 0 Å². The topological polar surface area (TPSA) is 59.0 Å². The summed E-state index contributed by atoms with van der Waals surface area (Å²) in [4.78, 5) is 24.3. The number of hydrogen-bond donors (Lipinski definition) is 0. The number of benzene rings is 1. The molecule has 7 heteroatoms. The zero-order chi connectivity index (χ0) is 15.6. The van der Waals surface area contributed by atoms with E-state index in [-0.39, 0.29) is 18.2 Å². The predicted molar refractivity (Wildman–Crippen MR) is 81.8 cm³/mol. The highest BCUT2D eigenvalue weighted by Crippen LogP contribution is 2.33. The SMILES string of the molecule is CCOC(=O)C1=NN(c2ccc(Cl)cc2Cl)C(=O)C1CC. The normalized spacial score (nSPS) is 17.9. The number of amides is 1. The van der Waals surface area contributed by atoms with E-state index in [1.54, 1.807) is 19.1 Å². The molecule has 21 heavy (non-hydrogen) atoms. The molecule has 0 saturated heterocycles. The molecule has 0 saturated carbocycles. The maximum Gasteiger partial charge on any atom is 0.355 e. The van der Waals surface area contributed by atoms with E-state index in [9.17, 15) is 9.59 Å². The Labute approximate surface area is 132 Å². The molecule has 1 aromatic rings. The van der Waals surface area contributed by atoms with Crippen molar-refractivity contribution in [1.29, 1.82) is 0 Å². The van der Waals surface area contributed by atoms with Gasteiger partial charge >= 0.3 is 5.97 Å². The molecule has 112 valence electrons. The molecule has 1 heterocycles. The minimum Gasteiger partial charge on any atom is -0.461 e. The lowest BCUT2D eigenvalue weighted by Gasteiger charge is -2.15. The lowest BCUT2D eigenvalue weighted by Crippen LogP contribution is -2.30. The fourth-order valence-electron chi connectivity index (χ4n) is 2.07. The Bertz CT molecular complexity index is 616. The van der Waals surface area contributed by atoms with Crippen molar-refractivity contribution in [3.8, 4) is 0 Å². The molecule has 1 atom stereocenters. The number of esters is 1. The molecule has 1 aliphatic heterocycles. The summed E-state index contributed by atoms with van der Waals surface area (Å²) in [5, 5.41) is 5.98. The van der Waals surface area contributed by atoms with Gasteiger partial charge in [0.05, 0.1) is 23.2 Å². The van der Waals surface area contributed by atoms with Crippen molar-refractivity contribution in [3.05, 3.63) is 28.2 Å². The zero-order valence-corrected chi connectivity index (χ0v) is 13.1. The van der Waals surface area contributed by atoms with Gasteiger partial charge in [-0.15, -0.1) is 0 Å². The minimum absolute atomic E-state index is 0.107. The smallest absolute Gasteiger partial charge is 0.355 e. The third kappa shape index (κ3) is 3.04. The first-order valence-corrected chi connectivity index (χ1v) is 7.29. The molecular weight excluding hydrogens is 315 g/mol. The van der Waals surface area contributed by atoms with Gasteiger partial charge in [0.15, 0.2) is 5.71 Å². The van der Waals surface area contributed by atoms with Crippen LogP contribution in [0.15, 0.2) is 23.3 Å². The van der Waals surface area contributed by atoms with E-state index >= 15 is 0 Å². The Morgan fingerprint density at radius 1 is 1.38 bits per heavy atom. The second kappa shape index (κ2) is 6.45. The lowest BCUT2D eigenvalue weighted by molar-refractivity contribution is -0.135. The number of hydrazone groups is 1. The summed E-state index contributed by atoms with van der Waals surface area (Å²) in [5.41, 5.74) is 0.499. The highest BCUT2D eigenvalue weighted by atomic mass is 35.5. The first-order chi connectivity index (χ1) is 9.99. The third-order valence-corrected chi connectivity index (χ3v) is 3.61. The maximum absolute atomic E-state index is 12.4. The molecule has 0 aliphatic carbocycles. The van der Waals surface area contributed by atoms with Crippen LogP contribution in [0.3, 0.4) is 0 Å². The van der Waals surface area contributed by atoms with Crippen LogP contribution in [-0.2, 0) is 14.3 Å². The van der Waals surface area contributed by atoms with E-state index in [1.807, 2.05) is 6.92 Å². The quantitative estimate of drug-likeness (QED) is 0.797. The zero-order valence-electron chi connectivity index (χ0n) is 11.6. The van der Waals surface area contributed by atoms with Gasteiger partial charge < -0.3 is 4.74 Å². The average molecular weight is 329 g/mol. The number of nitrogens with zero attached hydrogens (tertiary/aromatic N) is 2. The molecule has 0 radical (unpaired) electrons. The Morgan fingerprint density at radius 2 is 2.10 bits per heavy atom. The van der Waals surface area contributed by atoms with Crippen molar-refractivity contribution in [2.24, 2.45) is 11.0 Å². The van der Waals surface area contributed by atoms with Gasteiger partial charge in [-0.05, 0) is 31.5 Å². The van der Waals surface area contributed by atoms with Crippen LogP contribution in [0, 0.1) is 5.92 Å². The maximum atomic E-state index is 12.4. The van der Waals surface area contributed by atoms with Gasteiger partial charge in [0.2, 0.25) is 0 Å². The van der Waals surface area contributed by atoms with Crippen molar-refractivity contribution in [3.63, 3.8) is 0 Å². The highest BCUT2D eigenvalue weighted by molar-refractivity contribution is 6.44. The molecule has 2 rings (SSSR count). The van der Waals surface area contributed by atoms with E-state index in [2.05, 4.69) is 5.10 Å². The summed E-state index contributed by atoms with van der Waals surface area (Å²) in [5.74, 6) is -1.49. The number of carbonyl (C=O) groups excluding carboxylic acids is 2. The lowest BCUT2D eigenvalue weighted by atomic mass is 10.0. The van der Waals surface area contributed by atoms with Gasteiger partial charge in [-0.25, -0.2) is 4.79 Å². The molecule has 1 unspecified atom stereocenters.